The van der Waals surface area contributed by atoms with Gasteiger partial charge in [-0.25, -0.2) is 8.42 Å². The molecule has 3 amide bonds. The average Bonchev–Trinajstić information content (AvgIpc) is 3.03. The molecule has 10 heteroatoms. The molecule has 0 bridgehead atoms. The summed E-state index contributed by atoms with van der Waals surface area (Å²) in [4.78, 5) is 42.0. The predicted molar refractivity (Wildman–Crippen MR) is 111 cm³/mol. The van der Waals surface area contributed by atoms with E-state index in [2.05, 4.69) is 10.3 Å². The van der Waals surface area contributed by atoms with Crippen molar-refractivity contribution in [2.45, 2.75) is 17.7 Å². The second-order valence-electron chi connectivity index (χ2n) is 7.58. The Morgan fingerprint density at radius 1 is 1.03 bits per heavy atom. The molecule has 0 atom stereocenters. The first-order chi connectivity index (χ1) is 14.9. The number of carbonyl (C=O) groups excluding carboxylic acids is 3. The molecule has 0 aliphatic carbocycles. The number of imide groups is 1. The Morgan fingerprint density at radius 2 is 1.68 bits per heavy atom. The minimum absolute atomic E-state index is 0.117. The Labute approximate surface area is 180 Å². The van der Waals surface area contributed by atoms with Crippen LogP contribution in [-0.4, -0.2) is 66.5 Å². The van der Waals surface area contributed by atoms with Crippen molar-refractivity contribution in [1.82, 2.24) is 19.5 Å². The van der Waals surface area contributed by atoms with Crippen molar-refractivity contribution in [2.75, 3.05) is 26.2 Å². The highest BCUT2D eigenvalue weighted by Crippen LogP contribution is 2.24. The summed E-state index contributed by atoms with van der Waals surface area (Å²) in [6, 6.07) is 9.60. The minimum atomic E-state index is -3.57. The fraction of sp³-hybridized carbons (Fsp3) is 0.333. The van der Waals surface area contributed by atoms with E-state index in [0.29, 0.717) is 43.6 Å². The van der Waals surface area contributed by atoms with Crippen molar-refractivity contribution in [2.24, 2.45) is 5.92 Å². The predicted octanol–water partition coefficient (Wildman–Crippen LogP) is 0.895. The van der Waals surface area contributed by atoms with Crippen molar-refractivity contribution in [1.29, 1.82) is 0 Å². The van der Waals surface area contributed by atoms with Gasteiger partial charge in [0.1, 0.15) is 11.4 Å². The normalized spacial score (nSPS) is 17.6. The van der Waals surface area contributed by atoms with Gasteiger partial charge in [0.25, 0.3) is 11.8 Å². The number of amides is 3. The molecule has 0 unspecified atom stereocenters. The Kier molecular flexibility index (Phi) is 5.84. The van der Waals surface area contributed by atoms with E-state index in [1.807, 2.05) is 0 Å². The summed E-state index contributed by atoms with van der Waals surface area (Å²) in [5.41, 5.74) is 0.616. The smallest absolute Gasteiger partial charge is 0.262 e. The molecule has 162 valence electrons. The molecule has 1 aromatic carbocycles. The summed E-state index contributed by atoms with van der Waals surface area (Å²) in [6.07, 6.45) is 4.07. The van der Waals surface area contributed by atoms with Gasteiger partial charge in [0, 0.05) is 32.0 Å². The van der Waals surface area contributed by atoms with Crippen LogP contribution in [0.4, 0.5) is 0 Å². The van der Waals surface area contributed by atoms with Crippen LogP contribution in [0.15, 0.2) is 53.7 Å². The molecule has 1 fully saturated rings. The zero-order valence-electron chi connectivity index (χ0n) is 16.7. The second-order valence-corrected chi connectivity index (χ2v) is 9.52. The molecule has 2 aliphatic rings. The third-order valence-electron chi connectivity index (χ3n) is 5.61. The first-order valence-electron chi connectivity index (χ1n) is 10.00. The first-order valence-corrected chi connectivity index (χ1v) is 11.4. The maximum atomic E-state index is 12.7. The summed E-state index contributed by atoms with van der Waals surface area (Å²) < 4.78 is 26.7. The van der Waals surface area contributed by atoms with Crippen LogP contribution >= 0.6 is 0 Å². The number of benzene rings is 1. The molecule has 4 rings (SSSR count). The molecule has 0 spiro atoms. The fourth-order valence-electron chi connectivity index (χ4n) is 3.84. The number of rotatable bonds is 6. The van der Waals surface area contributed by atoms with E-state index in [1.165, 1.54) is 22.8 Å². The van der Waals surface area contributed by atoms with Crippen LogP contribution in [0.1, 0.15) is 33.6 Å². The van der Waals surface area contributed by atoms with Crippen molar-refractivity contribution in [3.05, 3.63) is 59.9 Å². The summed E-state index contributed by atoms with van der Waals surface area (Å²) in [6.45, 7) is 0.746. The number of nitrogens with one attached hydrogen (secondary N) is 1. The van der Waals surface area contributed by atoms with Crippen molar-refractivity contribution in [3.8, 4) is 0 Å². The molecule has 9 nitrogen and oxygen atoms in total. The Hall–Kier alpha value is -3.11. The van der Waals surface area contributed by atoms with Gasteiger partial charge in [0.15, 0.2) is 0 Å². The van der Waals surface area contributed by atoms with E-state index in [0.717, 1.165) is 4.90 Å². The fourth-order valence-corrected chi connectivity index (χ4v) is 5.28. The molecule has 31 heavy (non-hydrogen) atoms. The molecule has 1 aromatic heterocycles. The zero-order valence-corrected chi connectivity index (χ0v) is 17.5. The van der Waals surface area contributed by atoms with Crippen molar-refractivity contribution < 1.29 is 22.8 Å². The molecular formula is C21H22N4O5S. The third kappa shape index (κ3) is 4.21. The van der Waals surface area contributed by atoms with Crippen LogP contribution in [0.3, 0.4) is 0 Å². The molecule has 0 saturated carbocycles. The highest BCUT2D eigenvalue weighted by Gasteiger charge is 2.36. The zero-order chi connectivity index (χ0) is 22.0. The molecule has 0 radical (unpaired) electrons. The van der Waals surface area contributed by atoms with Crippen molar-refractivity contribution in [3.63, 3.8) is 0 Å². The van der Waals surface area contributed by atoms with E-state index in [1.54, 1.807) is 30.3 Å². The molecule has 3 heterocycles. The van der Waals surface area contributed by atoms with Crippen LogP contribution in [0, 0.1) is 5.92 Å². The SMILES string of the molecule is O=C(CN1C(=O)c2ccccc2C1=O)NCC1CCN(S(=O)(=O)c2cccnc2)CC1. The first kappa shape index (κ1) is 21.1. The number of sulfonamides is 1. The number of piperidine rings is 1. The van der Waals surface area contributed by atoms with E-state index < -0.39 is 27.7 Å². The Morgan fingerprint density at radius 3 is 2.26 bits per heavy atom. The van der Waals surface area contributed by atoms with Gasteiger partial charge in [0.2, 0.25) is 15.9 Å². The second kappa shape index (κ2) is 8.56. The van der Waals surface area contributed by atoms with Gasteiger partial charge >= 0.3 is 0 Å². The number of fused-ring (bicyclic) bond motifs is 1. The highest BCUT2D eigenvalue weighted by atomic mass is 32.2. The van der Waals surface area contributed by atoms with Gasteiger partial charge in [-0.2, -0.15) is 4.31 Å². The Bertz CT molecular complexity index is 1080. The lowest BCUT2D eigenvalue weighted by Crippen LogP contribution is -2.44. The summed E-state index contributed by atoms with van der Waals surface area (Å²) in [5.74, 6) is -1.24. The van der Waals surface area contributed by atoms with Gasteiger partial charge in [-0.05, 0) is 43.0 Å². The monoisotopic (exact) mass is 442 g/mol. The van der Waals surface area contributed by atoms with Gasteiger partial charge < -0.3 is 5.32 Å². The van der Waals surface area contributed by atoms with Crippen LogP contribution in [0.25, 0.3) is 0 Å². The molecule has 2 aromatic rings. The maximum Gasteiger partial charge on any atom is 0.262 e. The van der Waals surface area contributed by atoms with Gasteiger partial charge in [0.05, 0.1) is 11.1 Å². The highest BCUT2D eigenvalue weighted by molar-refractivity contribution is 7.89. The van der Waals surface area contributed by atoms with Crippen molar-refractivity contribution >= 4 is 27.7 Å². The summed E-state index contributed by atoms with van der Waals surface area (Å²) in [7, 11) is -3.57. The quantitative estimate of drug-likeness (QED) is 0.665. The van der Waals surface area contributed by atoms with Gasteiger partial charge in [-0.3, -0.25) is 24.3 Å². The summed E-state index contributed by atoms with van der Waals surface area (Å²) >= 11 is 0. The average molecular weight is 442 g/mol. The van der Waals surface area contributed by atoms with Crippen LogP contribution in [0.2, 0.25) is 0 Å². The maximum absolute atomic E-state index is 12.7. The number of aromatic nitrogens is 1. The number of carbonyl (C=O) groups is 3. The van der Waals surface area contributed by atoms with Crippen LogP contribution in [-0.2, 0) is 14.8 Å². The number of hydrogen-bond donors (Lipinski definition) is 1. The van der Waals surface area contributed by atoms with Gasteiger partial charge in [-0.15, -0.1) is 0 Å². The third-order valence-corrected chi connectivity index (χ3v) is 7.50. The lowest BCUT2D eigenvalue weighted by Gasteiger charge is -2.31. The van der Waals surface area contributed by atoms with E-state index >= 15 is 0 Å². The topological polar surface area (TPSA) is 117 Å². The lowest BCUT2D eigenvalue weighted by atomic mass is 9.98. The lowest BCUT2D eigenvalue weighted by molar-refractivity contribution is -0.121. The van der Waals surface area contributed by atoms with E-state index in [4.69, 9.17) is 0 Å². The number of pyridine rings is 1. The summed E-state index contributed by atoms with van der Waals surface area (Å²) in [5, 5.41) is 2.77. The van der Waals surface area contributed by atoms with E-state index in [9.17, 15) is 22.8 Å². The van der Waals surface area contributed by atoms with Gasteiger partial charge in [-0.1, -0.05) is 12.1 Å². The largest absolute Gasteiger partial charge is 0.354 e. The van der Waals surface area contributed by atoms with E-state index in [-0.39, 0.29) is 17.4 Å². The Balaban J connectivity index is 1.26. The number of hydrogen-bond acceptors (Lipinski definition) is 6. The minimum Gasteiger partial charge on any atom is -0.354 e. The van der Waals surface area contributed by atoms with Crippen LogP contribution in [0.5, 0.6) is 0 Å². The molecule has 1 N–H and O–H groups in total. The molecule has 2 aliphatic heterocycles. The van der Waals surface area contributed by atoms with Crippen LogP contribution < -0.4 is 5.32 Å². The molecular weight excluding hydrogens is 420 g/mol. The standard InChI is InChI=1S/C21H22N4O5S/c26-19(14-25-20(27)17-5-1-2-6-18(17)21(25)28)23-12-15-7-10-24(11-8-15)31(29,30)16-4-3-9-22-13-16/h1-6,9,13,15H,7-8,10-12,14H2,(H,23,26). The number of nitrogens with zero attached hydrogens (tertiary/aromatic N) is 3. The molecule has 1 saturated heterocycles.